The third kappa shape index (κ3) is 5.12. The van der Waals surface area contributed by atoms with Gasteiger partial charge in [-0.1, -0.05) is 29.3 Å². The maximum Gasteiger partial charge on any atom is 0.256 e. The van der Waals surface area contributed by atoms with E-state index in [0.29, 0.717) is 38.1 Å². The van der Waals surface area contributed by atoms with E-state index in [1.807, 2.05) is 0 Å². The van der Waals surface area contributed by atoms with Gasteiger partial charge in [0.1, 0.15) is 10.2 Å². The Kier molecular flexibility index (Phi) is 6.61. The number of halogens is 5. The molecule has 1 aliphatic rings. The highest BCUT2D eigenvalue weighted by atomic mass is 35.5. The molecule has 1 fully saturated rings. The molecule has 33 heavy (non-hydrogen) atoms. The first kappa shape index (κ1) is 23.8. The van der Waals surface area contributed by atoms with E-state index >= 15 is 0 Å². The summed E-state index contributed by atoms with van der Waals surface area (Å²) in [6.07, 6.45) is 0. The van der Waals surface area contributed by atoms with Gasteiger partial charge >= 0.3 is 0 Å². The SMILES string of the molecule is Cc1ccc(NC(=O)[C@H]2[C@H](c3cc(Cl)cc(Cl)c3)C2(Cl)Cl)cc1C(=O)Nc1ccc(F)cc1. The predicted octanol–water partition coefficient (Wildman–Crippen LogP) is 7.22. The molecule has 0 aromatic heterocycles. The average molecular weight is 526 g/mol. The molecular formula is C24H17Cl4FN2O2. The van der Waals surface area contributed by atoms with Crippen molar-refractivity contribution in [1.29, 1.82) is 0 Å². The molecule has 0 unspecified atom stereocenters. The number of hydrogen-bond acceptors (Lipinski definition) is 2. The summed E-state index contributed by atoms with van der Waals surface area (Å²) in [5, 5.41) is 6.33. The van der Waals surface area contributed by atoms with E-state index in [2.05, 4.69) is 10.6 Å². The van der Waals surface area contributed by atoms with Crippen molar-refractivity contribution in [2.45, 2.75) is 17.2 Å². The lowest BCUT2D eigenvalue weighted by Crippen LogP contribution is -2.18. The fourth-order valence-corrected chi connectivity index (χ4v) is 5.09. The van der Waals surface area contributed by atoms with Crippen molar-refractivity contribution in [2.24, 2.45) is 5.92 Å². The summed E-state index contributed by atoms with van der Waals surface area (Å²) in [5.74, 6) is -2.40. The summed E-state index contributed by atoms with van der Waals surface area (Å²) < 4.78 is 11.8. The molecule has 3 aromatic carbocycles. The smallest absolute Gasteiger partial charge is 0.256 e. The topological polar surface area (TPSA) is 58.2 Å². The maximum absolute atomic E-state index is 13.1. The number of rotatable bonds is 5. The molecule has 2 atom stereocenters. The molecule has 1 aliphatic carbocycles. The summed E-state index contributed by atoms with van der Waals surface area (Å²) in [7, 11) is 0. The second kappa shape index (κ2) is 9.15. The van der Waals surface area contributed by atoms with Crippen molar-refractivity contribution in [2.75, 3.05) is 10.6 Å². The van der Waals surface area contributed by atoms with Gasteiger partial charge in [0.25, 0.3) is 5.91 Å². The van der Waals surface area contributed by atoms with Gasteiger partial charge < -0.3 is 10.6 Å². The molecule has 0 spiro atoms. The quantitative estimate of drug-likeness (QED) is 0.345. The lowest BCUT2D eigenvalue weighted by molar-refractivity contribution is -0.117. The normalized spacial score (nSPS) is 18.5. The molecule has 4 nitrogen and oxygen atoms in total. The monoisotopic (exact) mass is 524 g/mol. The highest BCUT2D eigenvalue weighted by Gasteiger charge is 2.67. The number of benzene rings is 3. The molecule has 0 radical (unpaired) electrons. The Morgan fingerprint density at radius 2 is 1.48 bits per heavy atom. The fraction of sp³-hybridized carbons (Fsp3) is 0.167. The summed E-state index contributed by atoms with van der Waals surface area (Å²) >= 11 is 25.0. The van der Waals surface area contributed by atoms with Crippen LogP contribution in [0.3, 0.4) is 0 Å². The minimum Gasteiger partial charge on any atom is -0.326 e. The molecule has 9 heteroatoms. The highest BCUT2D eigenvalue weighted by molar-refractivity contribution is 6.53. The van der Waals surface area contributed by atoms with Gasteiger partial charge in [0.2, 0.25) is 5.91 Å². The molecule has 2 N–H and O–H groups in total. The Balaban J connectivity index is 1.50. The molecule has 0 aliphatic heterocycles. The highest BCUT2D eigenvalue weighted by Crippen LogP contribution is 2.65. The number of nitrogens with one attached hydrogen (secondary N) is 2. The van der Waals surface area contributed by atoms with Crippen molar-refractivity contribution >= 4 is 69.6 Å². The van der Waals surface area contributed by atoms with Crippen LogP contribution in [0.1, 0.15) is 27.4 Å². The van der Waals surface area contributed by atoms with E-state index < -0.39 is 33.8 Å². The zero-order valence-electron chi connectivity index (χ0n) is 17.1. The van der Waals surface area contributed by atoms with E-state index in [1.54, 1.807) is 43.3 Å². The van der Waals surface area contributed by atoms with Gasteiger partial charge in [0.15, 0.2) is 0 Å². The Morgan fingerprint density at radius 1 is 0.879 bits per heavy atom. The second-order valence-electron chi connectivity index (χ2n) is 7.81. The first-order valence-electron chi connectivity index (χ1n) is 9.88. The van der Waals surface area contributed by atoms with Gasteiger partial charge in [-0.2, -0.15) is 0 Å². The van der Waals surface area contributed by atoms with Crippen LogP contribution in [0.5, 0.6) is 0 Å². The molecule has 0 bridgehead atoms. The van der Waals surface area contributed by atoms with Crippen molar-refractivity contribution in [3.8, 4) is 0 Å². The summed E-state index contributed by atoms with van der Waals surface area (Å²) in [6.45, 7) is 1.77. The van der Waals surface area contributed by atoms with Crippen LogP contribution in [0, 0.1) is 18.7 Å². The van der Waals surface area contributed by atoms with Gasteiger partial charge in [0, 0.05) is 32.9 Å². The third-order valence-electron chi connectivity index (χ3n) is 5.43. The maximum atomic E-state index is 13.1. The predicted molar refractivity (Wildman–Crippen MR) is 131 cm³/mol. The number of alkyl halides is 2. The molecule has 1 saturated carbocycles. The number of anilines is 2. The van der Waals surface area contributed by atoms with Crippen LogP contribution in [-0.2, 0) is 4.79 Å². The van der Waals surface area contributed by atoms with Gasteiger partial charge in [-0.25, -0.2) is 4.39 Å². The summed E-state index contributed by atoms with van der Waals surface area (Å²) in [4.78, 5) is 25.7. The van der Waals surface area contributed by atoms with Crippen molar-refractivity contribution < 1.29 is 14.0 Å². The Morgan fingerprint density at radius 3 is 2.12 bits per heavy atom. The van der Waals surface area contributed by atoms with Crippen molar-refractivity contribution in [3.05, 3.63) is 93.2 Å². The van der Waals surface area contributed by atoms with Gasteiger partial charge in [-0.15, -0.1) is 23.2 Å². The Labute approximate surface area is 210 Å². The number of carbonyl (C=O) groups is 2. The van der Waals surface area contributed by atoms with Gasteiger partial charge in [0.05, 0.1) is 5.92 Å². The lowest BCUT2D eigenvalue weighted by Gasteiger charge is -2.11. The number of amides is 2. The van der Waals surface area contributed by atoms with E-state index in [-0.39, 0.29) is 0 Å². The first-order valence-corrected chi connectivity index (χ1v) is 11.4. The van der Waals surface area contributed by atoms with E-state index in [4.69, 9.17) is 46.4 Å². The molecule has 170 valence electrons. The van der Waals surface area contributed by atoms with Crippen LogP contribution in [0.2, 0.25) is 10.0 Å². The number of carbonyl (C=O) groups excluding carboxylic acids is 2. The average Bonchev–Trinajstić information content (AvgIpc) is 3.32. The first-order chi connectivity index (χ1) is 15.6. The number of hydrogen-bond donors (Lipinski definition) is 2. The molecule has 2 amide bonds. The van der Waals surface area contributed by atoms with Crippen molar-refractivity contribution in [3.63, 3.8) is 0 Å². The van der Waals surface area contributed by atoms with Crippen LogP contribution in [0.15, 0.2) is 60.7 Å². The molecule has 4 rings (SSSR count). The van der Waals surface area contributed by atoms with Crippen molar-refractivity contribution in [1.82, 2.24) is 0 Å². The zero-order valence-corrected chi connectivity index (χ0v) is 20.2. The van der Waals surface area contributed by atoms with E-state index in [0.717, 1.165) is 0 Å². The van der Waals surface area contributed by atoms with Crippen LogP contribution >= 0.6 is 46.4 Å². The van der Waals surface area contributed by atoms with Gasteiger partial charge in [-0.3, -0.25) is 9.59 Å². The van der Waals surface area contributed by atoms with Crippen LogP contribution in [-0.4, -0.2) is 16.1 Å². The fourth-order valence-electron chi connectivity index (χ4n) is 3.72. The number of aryl methyl sites for hydroxylation is 1. The largest absolute Gasteiger partial charge is 0.326 e. The lowest BCUT2D eigenvalue weighted by atomic mass is 10.1. The summed E-state index contributed by atoms with van der Waals surface area (Å²) in [6, 6.07) is 15.3. The Bertz CT molecular complexity index is 1230. The van der Waals surface area contributed by atoms with Gasteiger partial charge in [-0.05, 0) is 72.6 Å². The Hall–Kier alpha value is -2.31. The van der Waals surface area contributed by atoms with Crippen LogP contribution < -0.4 is 10.6 Å². The molecule has 0 saturated heterocycles. The molecule has 3 aromatic rings. The minimum absolute atomic E-state index is 0.356. The van der Waals surface area contributed by atoms with Crippen LogP contribution in [0.25, 0.3) is 0 Å². The zero-order chi connectivity index (χ0) is 23.9. The molecule has 0 heterocycles. The third-order valence-corrected chi connectivity index (χ3v) is 6.81. The van der Waals surface area contributed by atoms with Crippen LogP contribution in [0.4, 0.5) is 15.8 Å². The minimum atomic E-state index is -1.31. The van der Waals surface area contributed by atoms with E-state index in [1.165, 1.54) is 24.3 Å². The standard InChI is InChI=1S/C24H17Cl4FN2O2/c1-12-2-5-18(11-19(12)22(32)30-17-6-3-16(29)4-7-17)31-23(33)21-20(24(21,27)28)13-8-14(25)10-15(26)9-13/h2-11,20-21H,1H3,(H,30,32)(H,31,33)/t20-,21+/m0/s1. The molecular weight excluding hydrogens is 509 g/mol. The second-order valence-corrected chi connectivity index (χ2v) is 10.1. The summed E-state index contributed by atoms with van der Waals surface area (Å²) in [5.41, 5.74) is 2.59. The van der Waals surface area contributed by atoms with E-state index in [9.17, 15) is 14.0 Å².